The summed E-state index contributed by atoms with van der Waals surface area (Å²) in [6, 6.07) is 0. The SMILES string of the molecule is C[C@H](O)C(=S)N(C)C. The van der Waals surface area contributed by atoms with Gasteiger partial charge in [-0.3, -0.25) is 0 Å². The van der Waals surface area contributed by atoms with Gasteiger partial charge in [0.15, 0.2) is 0 Å². The van der Waals surface area contributed by atoms with Crippen LogP contribution in [0.5, 0.6) is 0 Å². The molecule has 1 atom stereocenters. The highest BCUT2D eigenvalue weighted by Gasteiger charge is 2.03. The first-order valence-electron chi connectivity index (χ1n) is 2.45. The molecule has 0 spiro atoms. The Labute approximate surface area is 55.1 Å². The maximum atomic E-state index is 8.81. The molecule has 0 aromatic heterocycles. The van der Waals surface area contributed by atoms with Crippen LogP contribution in [-0.4, -0.2) is 35.2 Å². The van der Waals surface area contributed by atoms with E-state index >= 15 is 0 Å². The van der Waals surface area contributed by atoms with Crippen LogP contribution < -0.4 is 0 Å². The van der Waals surface area contributed by atoms with E-state index in [0.29, 0.717) is 4.99 Å². The van der Waals surface area contributed by atoms with Crippen LogP contribution in [0.1, 0.15) is 6.92 Å². The first-order chi connectivity index (χ1) is 3.55. The molecule has 48 valence electrons. The predicted molar refractivity (Wildman–Crippen MR) is 38.0 cm³/mol. The zero-order valence-electron chi connectivity index (χ0n) is 5.38. The molecule has 0 aliphatic heterocycles. The summed E-state index contributed by atoms with van der Waals surface area (Å²) in [5.41, 5.74) is 0. The van der Waals surface area contributed by atoms with Crippen molar-refractivity contribution in [3.63, 3.8) is 0 Å². The van der Waals surface area contributed by atoms with Gasteiger partial charge in [-0.2, -0.15) is 0 Å². The zero-order chi connectivity index (χ0) is 6.73. The molecule has 0 saturated heterocycles. The molecule has 0 rings (SSSR count). The summed E-state index contributed by atoms with van der Waals surface area (Å²) in [4.78, 5) is 2.30. The third-order valence-corrected chi connectivity index (χ3v) is 1.50. The third kappa shape index (κ3) is 2.23. The Morgan fingerprint density at radius 1 is 1.62 bits per heavy atom. The van der Waals surface area contributed by atoms with E-state index in [-0.39, 0.29) is 0 Å². The molecule has 1 N–H and O–H groups in total. The average molecular weight is 133 g/mol. The Morgan fingerprint density at radius 2 is 2.00 bits per heavy atom. The van der Waals surface area contributed by atoms with Crippen LogP contribution >= 0.6 is 12.2 Å². The second kappa shape index (κ2) is 2.99. The van der Waals surface area contributed by atoms with Crippen LogP contribution in [0.15, 0.2) is 0 Å². The molecular formula is C5H11NOS. The Balaban J connectivity index is 3.65. The molecule has 0 bridgehead atoms. The summed E-state index contributed by atoms with van der Waals surface area (Å²) in [5, 5.41) is 8.81. The second-order valence-electron chi connectivity index (χ2n) is 1.91. The van der Waals surface area contributed by atoms with Crippen molar-refractivity contribution in [3.05, 3.63) is 0 Å². The van der Waals surface area contributed by atoms with Gasteiger partial charge in [0.25, 0.3) is 0 Å². The van der Waals surface area contributed by atoms with Crippen LogP contribution in [0.3, 0.4) is 0 Å². The van der Waals surface area contributed by atoms with Crippen molar-refractivity contribution in [2.24, 2.45) is 0 Å². The molecule has 0 unspecified atom stereocenters. The van der Waals surface area contributed by atoms with E-state index in [1.54, 1.807) is 11.8 Å². The lowest BCUT2D eigenvalue weighted by Crippen LogP contribution is -2.29. The van der Waals surface area contributed by atoms with Crippen LogP contribution in [0, 0.1) is 0 Å². The molecular weight excluding hydrogens is 122 g/mol. The smallest absolute Gasteiger partial charge is 0.106 e. The fourth-order valence-electron chi connectivity index (χ4n) is 0.374. The molecule has 0 amide bonds. The number of nitrogens with zero attached hydrogens (tertiary/aromatic N) is 1. The Hall–Kier alpha value is -0.150. The number of aliphatic hydroxyl groups is 1. The molecule has 0 saturated carbocycles. The number of likely N-dealkylation sites (N-methyl/N-ethyl adjacent to an activating group) is 1. The van der Waals surface area contributed by atoms with Crippen molar-refractivity contribution in [2.75, 3.05) is 14.1 Å². The Morgan fingerprint density at radius 3 is 2.00 bits per heavy atom. The Kier molecular flexibility index (Phi) is 2.94. The van der Waals surface area contributed by atoms with Crippen molar-refractivity contribution < 1.29 is 5.11 Å². The normalized spacial score (nSPS) is 13.0. The van der Waals surface area contributed by atoms with Crippen molar-refractivity contribution in [1.82, 2.24) is 4.90 Å². The molecule has 0 heterocycles. The van der Waals surface area contributed by atoms with Gasteiger partial charge in [-0.1, -0.05) is 12.2 Å². The minimum atomic E-state index is -0.500. The monoisotopic (exact) mass is 133 g/mol. The van der Waals surface area contributed by atoms with E-state index in [9.17, 15) is 0 Å². The van der Waals surface area contributed by atoms with Gasteiger partial charge in [0, 0.05) is 14.1 Å². The lowest BCUT2D eigenvalue weighted by molar-refractivity contribution is 0.251. The fourth-order valence-corrected chi connectivity index (χ4v) is 0.374. The number of hydrogen-bond acceptors (Lipinski definition) is 2. The third-order valence-electron chi connectivity index (χ3n) is 0.798. The standard InChI is InChI=1S/C5H11NOS/c1-4(7)5(8)6(2)3/h4,7H,1-3H3/t4-/m0/s1. The summed E-state index contributed by atoms with van der Waals surface area (Å²) in [7, 11) is 3.63. The first-order valence-corrected chi connectivity index (χ1v) is 2.85. The van der Waals surface area contributed by atoms with E-state index in [4.69, 9.17) is 17.3 Å². The first kappa shape index (κ1) is 7.85. The lowest BCUT2D eigenvalue weighted by atomic mass is 10.4. The highest BCUT2D eigenvalue weighted by Crippen LogP contribution is 1.89. The molecule has 0 aromatic carbocycles. The number of aliphatic hydroxyl groups excluding tert-OH is 1. The summed E-state index contributed by atoms with van der Waals surface area (Å²) in [6.07, 6.45) is -0.500. The molecule has 0 aliphatic carbocycles. The van der Waals surface area contributed by atoms with E-state index in [2.05, 4.69) is 0 Å². The van der Waals surface area contributed by atoms with Gasteiger partial charge in [-0.15, -0.1) is 0 Å². The highest BCUT2D eigenvalue weighted by atomic mass is 32.1. The molecule has 0 aromatic rings. The van der Waals surface area contributed by atoms with Crippen molar-refractivity contribution in [1.29, 1.82) is 0 Å². The van der Waals surface area contributed by atoms with Crippen molar-refractivity contribution in [3.8, 4) is 0 Å². The molecule has 0 aliphatic rings. The van der Waals surface area contributed by atoms with E-state index in [1.807, 2.05) is 14.1 Å². The van der Waals surface area contributed by atoms with Gasteiger partial charge in [-0.25, -0.2) is 0 Å². The predicted octanol–water partition coefficient (Wildman–Crippen LogP) is 0.256. The summed E-state index contributed by atoms with van der Waals surface area (Å²) >= 11 is 4.78. The van der Waals surface area contributed by atoms with Crippen LogP contribution in [-0.2, 0) is 0 Å². The highest BCUT2D eigenvalue weighted by molar-refractivity contribution is 7.80. The minimum absolute atomic E-state index is 0.500. The Bertz CT molecular complexity index is 80.4. The number of hydrogen-bond donors (Lipinski definition) is 1. The summed E-state index contributed by atoms with van der Waals surface area (Å²) in [5.74, 6) is 0. The number of rotatable bonds is 1. The lowest BCUT2D eigenvalue weighted by Gasteiger charge is -2.14. The van der Waals surface area contributed by atoms with Gasteiger partial charge >= 0.3 is 0 Å². The number of thiocarbonyl (C=S) groups is 1. The molecule has 0 fully saturated rings. The molecule has 0 radical (unpaired) electrons. The largest absolute Gasteiger partial charge is 0.386 e. The van der Waals surface area contributed by atoms with E-state index in [0.717, 1.165) is 0 Å². The molecule has 8 heavy (non-hydrogen) atoms. The van der Waals surface area contributed by atoms with Gasteiger partial charge in [0.05, 0.1) is 0 Å². The van der Waals surface area contributed by atoms with Crippen molar-refractivity contribution >= 4 is 17.2 Å². The maximum absolute atomic E-state index is 8.81. The van der Waals surface area contributed by atoms with Gasteiger partial charge in [-0.05, 0) is 6.92 Å². The second-order valence-corrected chi connectivity index (χ2v) is 2.33. The van der Waals surface area contributed by atoms with E-state index < -0.39 is 6.10 Å². The van der Waals surface area contributed by atoms with Crippen LogP contribution in [0.25, 0.3) is 0 Å². The fraction of sp³-hybridized carbons (Fsp3) is 0.800. The maximum Gasteiger partial charge on any atom is 0.106 e. The van der Waals surface area contributed by atoms with Gasteiger partial charge in [0.1, 0.15) is 11.1 Å². The van der Waals surface area contributed by atoms with Gasteiger partial charge < -0.3 is 10.0 Å². The quantitative estimate of drug-likeness (QED) is 0.519. The summed E-state index contributed by atoms with van der Waals surface area (Å²) in [6.45, 7) is 1.66. The average Bonchev–Trinajstić information content (AvgIpc) is 1.64. The topological polar surface area (TPSA) is 23.5 Å². The van der Waals surface area contributed by atoms with Gasteiger partial charge in [0.2, 0.25) is 0 Å². The molecule has 2 nitrogen and oxygen atoms in total. The molecule has 3 heteroatoms. The zero-order valence-corrected chi connectivity index (χ0v) is 6.20. The summed E-state index contributed by atoms with van der Waals surface area (Å²) < 4.78 is 0. The van der Waals surface area contributed by atoms with Crippen LogP contribution in [0.2, 0.25) is 0 Å². The van der Waals surface area contributed by atoms with Crippen molar-refractivity contribution in [2.45, 2.75) is 13.0 Å². The minimum Gasteiger partial charge on any atom is -0.386 e. The van der Waals surface area contributed by atoms with Crippen LogP contribution in [0.4, 0.5) is 0 Å². The van der Waals surface area contributed by atoms with E-state index in [1.165, 1.54) is 0 Å².